The number of benzene rings is 1. The Balaban J connectivity index is 2.05. The molecule has 2 aromatic heterocycles. The second-order valence-corrected chi connectivity index (χ2v) is 6.67. The Hall–Kier alpha value is -2.34. The average Bonchev–Trinajstić information content (AvgIpc) is 3.08. The summed E-state index contributed by atoms with van der Waals surface area (Å²) >= 11 is 1.44. The van der Waals surface area contributed by atoms with Crippen molar-refractivity contribution in [3.63, 3.8) is 0 Å². The Bertz CT molecular complexity index is 831. The Morgan fingerprint density at radius 1 is 1.17 bits per heavy atom. The van der Waals surface area contributed by atoms with Gasteiger partial charge in [0.25, 0.3) is 0 Å². The molecule has 0 aliphatic rings. The van der Waals surface area contributed by atoms with Crippen molar-refractivity contribution in [2.75, 3.05) is 14.1 Å². The maximum atomic E-state index is 12.1. The molecule has 1 aromatic carbocycles. The molecule has 5 nitrogen and oxygen atoms in total. The Morgan fingerprint density at radius 3 is 2.65 bits per heavy atom. The van der Waals surface area contributed by atoms with Crippen LogP contribution in [0.1, 0.15) is 6.92 Å². The number of hydrogen-bond acceptors (Lipinski definition) is 5. The SMILES string of the molecule is CC(Sc1nc(-c2ccco2)nc2ccccc12)C(=O)N(C)C. The van der Waals surface area contributed by atoms with Gasteiger partial charge in [-0.05, 0) is 25.1 Å². The molecule has 6 heteroatoms. The third-order valence-corrected chi connectivity index (χ3v) is 4.48. The Kier molecular flexibility index (Phi) is 4.34. The number of aromatic nitrogens is 2. The molecule has 118 valence electrons. The summed E-state index contributed by atoms with van der Waals surface area (Å²) in [7, 11) is 3.51. The van der Waals surface area contributed by atoms with E-state index in [0.29, 0.717) is 11.6 Å². The molecule has 0 saturated carbocycles. The maximum absolute atomic E-state index is 12.1. The van der Waals surface area contributed by atoms with Gasteiger partial charge in [0.2, 0.25) is 5.91 Å². The molecule has 0 bridgehead atoms. The summed E-state index contributed by atoms with van der Waals surface area (Å²) < 4.78 is 5.40. The van der Waals surface area contributed by atoms with Crippen LogP contribution in [0.3, 0.4) is 0 Å². The van der Waals surface area contributed by atoms with Gasteiger partial charge >= 0.3 is 0 Å². The van der Waals surface area contributed by atoms with Crippen molar-refractivity contribution in [2.45, 2.75) is 17.2 Å². The van der Waals surface area contributed by atoms with Gasteiger partial charge in [-0.25, -0.2) is 9.97 Å². The van der Waals surface area contributed by atoms with Gasteiger partial charge in [0.15, 0.2) is 11.6 Å². The lowest BCUT2D eigenvalue weighted by Gasteiger charge is -2.16. The molecule has 0 spiro atoms. The van der Waals surface area contributed by atoms with Crippen LogP contribution >= 0.6 is 11.8 Å². The van der Waals surface area contributed by atoms with Crippen molar-refractivity contribution in [1.82, 2.24) is 14.9 Å². The van der Waals surface area contributed by atoms with Crippen LogP contribution in [-0.2, 0) is 4.79 Å². The van der Waals surface area contributed by atoms with Gasteiger partial charge in [-0.15, -0.1) is 0 Å². The average molecular weight is 327 g/mol. The molecule has 0 saturated heterocycles. The first-order chi connectivity index (χ1) is 11.1. The fourth-order valence-electron chi connectivity index (χ4n) is 2.23. The van der Waals surface area contributed by atoms with E-state index < -0.39 is 0 Å². The first-order valence-corrected chi connectivity index (χ1v) is 8.12. The van der Waals surface area contributed by atoms with E-state index in [2.05, 4.69) is 9.97 Å². The normalized spacial score (nSPS) is 12.3. The van der Waals surface area contributed by atoms with Gasteiger partial charge < -0.3 is 9.32 Å². The van der Waals surface area contributed by atoms with Gasteiger partial charge in [-0.1, -0.05) is 30.0 Å². The summed E-state index contributed by atoms with van der Waals surface area (Å²) in [5, 5.41) is 1.49. The predicted molar refractivity (Wildman–Crippen MR) is 91.3 cm³/mol. The van der Waals surface area contributed by atoms with Crippen LogP contribution < -0.4 is 0 Å². The minimum atomic E-state index is -0.229. The summed E-state index contributed by atoms with van der Waals surface area (Å²) in [6, 6.07) is 11.4. The number of carbonyl (C=O) groups is 1. The van der Waals surface area contributed by atoms with E-state index in [0.717, 1.165) is 15.9 Å². The van der Waals surface area contributed by atoms with Crippen LogP contribution in [0.25, 0.3) is 22.5 Å². The lowest BCUT2D eigenvalue weighted by atomic mass is 10.2. The Morgan fingerprint density at radius 2 is 1.96 bits per heavy atom. The van der Waals surface area contributed by atoms with Gasteiger partial charge in [0.05, 0.1) is 17.0 Å². The molecule has 2 heterocycles. The summed E-state index contributed by atoms with van der Waals surface area (Å²) in [5.74, 6) is 1.20. The van der Waals surface area contributed by atoms with Crippen LogP contribution in [0.5, 0.6) is 0 Å². The van der Waals surface area contributed by atoms with E-state index >= 15 is 0 Å². The minimum absolute atomic E-state index is 0.0530. The van der Waals surface area contributed by atoms with Crippen LogP contribution in [0.15, 0.2) is 52.1 Å². The second kappa shape index (κ2) is 6.42. The summed E-state index contributed by atoms with van der Waals surface area (Å²) in [6.45, 7) is 1.89. The molecule has 3 aromatic rings. The van der Waals surface area contributed by atoms with E-state index in [9.17, 15) is 4.79 Å². The number of carbonyl (C=O) groups excluding carboxylic acids is 1. The highest BCUT2D eigenvalue weighted by molar-refractivity contribution is 8.00. The molecule has 0 aliphatic heterocycles. The van der Waals surface area contributed by atoms with E-state index in [1.807, 2.05) is 37.3 Å². The molecule has 0 fully saturated rings. The van der Waals surface area contributed by atoms with Gasteiger partial charge in [0, 0.05) is 19.5 Å². The zero-order valence-electron chi connectivity index (χ0n) is 13.2. The van der Waals surface area contributed by atoms with Crippen molar-refractivity contribution < 1.29 is 9.21 Å². The molecule has 0 N–H and O–H groups in total. The molecule has 1 atom stereocenters. The molecular weight excluding hydrogens is 310 g/mol. The van der Waals surface area contributed by atoms with Crippen molar-refractivity contribution in [3.8, 4) is 11.6 Å². The van der Waals surface area contributed by atoms with Crippen molar-refractivity contribution >= 4 is 28.6 Å². The highest BCUT2D eigenvalue weighted by atomic mass is 32.2. The zero-order chi connectivity index (χ0) is 16.4. The van der Waals surface area contributed by atoms with Crippen LogP contribution in [-0.4, -0.2) is 40.1 Å². The predicted octanol–water partition coefficient (Wildman–Crippen LogP) is 3.46. The monoisotopic (exact) mass is 327 g/mol. The lowest BCUT2D eigenvalue weighted by molar-refractivity contribution is -0.127. The van der Waals surface area contributed by atoms with Crippen LogP contribution in [0.4, 0.5) is 0 Å². The summed E-state index contributed by atoms with van der Waals surface area (Å²) in [4.78, 5) is 22.9. The highest BCUT2D eigenvalue weighted by Gasteiger charge is 2.19. The van der Waals surface area contributed by atoms with E-state index in [1.54, 1.807) is 31.3 Å². The van der Waals surface area contributed by atoms with Crippen molar-refractivity contribution in [1.29, 1.82) is 0 Å². The molecule has 0 aliphatic carbocycles. The maximum Gasteiger partial charge on any atom is 0.235 e. The molecule has 1 amide bonds. The first-order valence-electron chi connectivity index (χ1n) is 7.24. The second-order valence-electron chi connectivity index (χ2n) is 5.34. The minimum Gasteiger partial charge on any atom is -0.461 e. The fourth-order valence-corrected chi connectivity index (χ4v) is 3.32. The molecule has 1 unspecified atom stereocenters. The number of amides is 1. The number of thioether (sulfide) groups is 1. The quantitative estimate of drug-likeness (QED) is 0.542. The van der Waals surface area contributed by atoms with Gasteiger partial charge in [0.1, 0.15) is 5.03 Å². The number of nitrogens with zero attached hydrogens (tertiary/aromatic N) is 3. The number of furan rings is 1. The standard InChI is InChI=1S/C17H17N3O2S/c1-11(17(21)20(2)3)23-16-12-7-4-5-8-13(12)18-15(19-16)14-9-6-10-22-14/h4-11H,1-3H3. The molecular formula is C17H17N3O2S. The first kappa shape index (κ1) is 15.6. The van der Waals surface area contributed by atoms with E-state index in [-0.39, 0.29) is 11.2 Å². The van der Waals surface area contributed by atoms with Crippen LogP contribution in [0, 0.1) is 0 Å². The molecule has 23 heavy (non-hydrogen) atoms. The molecule has 3 rings (SSSR count). The number of hydrogen-bond donors (Lipinski definition) is 0. The lowest BCUT2D eigenvalue weighted by Crippen LogP contribution is -2.29. The van der Waals surface area contributed by atoms with E-state index in [4.69, 9.17) is 4.42 Å². The van der Waals surface area contributed by atoms with Crippen LogP contribution in [0.2, 0.25) is 0 Å². The highest BCUT2D eigenvalue weighted by Crippen LogP contribution is 2.31. The number of fused-ring (bicyclic) bond motifs is 1. The van der Waals surface area contributed by atoms with E-state index in [1.165, 1.54) is 11.8 Å². The van der Waals surface area contributed by atoms with Crippen molar-refractivity contribution in [2.24, 2.45) is 0 Å². The van der Waals surface area contributed by atoms with Gasteiger partial charge in [-0.2, -0.15) is 0 Å². The Labute approximate surface area is 138 Å². The summed E-state index contributed by atoms with van der Waals surface area (Å²) in [5.41, 5.74) is 0.834. The number of rotatable bonds is 4. The topological polar surface area (TPSA) is 59.2 Å². The molecule has 0 radical (unpaired) electrons. The third-order valence-electron chi connectivity index (χ3n) is 3.39. The zero-order valence-corrected chi connectivity index (χ0v) is 14.0. The summed E-state index contributed by atoms with van der Waals surface area (Å²) in [6.07, 6.45) is 1.60. The smallest absolute Gasteiger partial charge is 0.235 e. The number of para-hydroxylation sites is 1. The largest absolute Gasteiger partial charge is 0.461 e. The fraction of sp³-hybridized carbons (Fsp3) is 0.235. The third kappa shape index (κ3) is 3.22. The van der Waals surface area contributed by atoms with Gasteiger partial charge in [-0.3, -0.25) is 4.79 Å². The van der Waals surface area contributed by atoms with Crippen molar-refractivity contribution in [3.05, 3.63) is 42.7 Å².